The van der Waals surface area contributed by atoms with E-state index in [4.69, 9.17) is 4.74 Å². The Morgan fingerprint density at radius 2 is 1.95 bits per heavy atom. The van der Waals surface area contributed by atoms with Crippen LogP contribution < -0.4 is 5.32 Å². The maximum atomic E-state index is 12.5. The van der Waals surface area contributed by atoms with Crippen LogP contribution in [0.15, 0.2) is 24.3 Å². The van der Waals surface area contributed by atoms with Gasteiger partial charge in [0.2, 0.25) is 0 Å². The van der Waals surface area contributed by atoms with E-state index in [0.29, 0.717) is 17.9 Å². The van der Waals surface area contributed by atoms with E-state index in [0.717, 1.165) is 38.8 Å². The highest BCUT2D eigenvalue weighted by Gasteiger charge is 2.24. The van der Waals surface area contributed by atoms with Gasteiger partial charge in [0.05, 0.1) is 0 Å². The van der Waals surface area contributed by atoms with Crippen molar-refractivity contribution in [3.63, 3.8) is 0 Å². The zero-order valence-electron chi connectivity index (χ0n) is 12.7. The van der Waals surface area contributed by atoms with Gasteiger partial charge in [-0.1, -0.05) is 6.07 Å². The van der Waals surface area contributed by atoms with Crippen LogP contribution in [0.2, 0.25) is 0 Å². The van der Waals surface area contributed by atoms with Crippen molar-refractivity contribution in [1.29, 1.82) is 0 Å². The molecule has 2 saturated heterocycles. The minimum absolute atomic E-state index is 0.0490. The van der Waals surface area contributed by atoms with Crippen molar-refractivity contribution >= 4 is 17.5 Å². The molecule has 2 fully saturated rings. The van der Waals surface area contributed by atoms with Crippen LogP contribution in [0.25, 0.3) is 0 Å². The molecule has 1 aromatic carbocycles. The van der Waals surface area contributed by atoms with E-state index in [1.54, 1.807) is 18.2 Å². The SMILES string of the molecule is O=C(Nc1cccc(C(=O)N2CCCCC2)c1)C1CCCO1. The molecule has 1 N–H and O–H groups in total. The first-order chi connectivity index (χ1) is 10.7. The highest BCUT2D eigenvalue weighted by molar-refractivity contribution is 5.98. The van der Waals surface area contributed by atoms with Gasteiger partial charge in [-0.3, -0.25) is 9.59 Å². The average Bonchev–Trinajstić information content (AvgIpc) is 3.10. The molecule has 3 rings (SSSR count). The van der Waals surface area contributed by atoms with Crippen molar-refractivity contribution in [2.75, 3.05) is 25.0 Å². The normalized spacial score (nSPS) is 21.6. The number of hydrogen-bond acceptors (Lipinski definition) is 3. The second-order valence-corrected chi connectivity index (χ2v) is 5.92. The number of amides is 2. The number of ether oxygens (including phenoxy) is 1. The first kappa shape index (κ1) is 15.0. The third-order valence-corrected chi connectivity index (χ3v) is 4.24. The van der Waals surface area contributed by atoms with Crippen molar-refractivity contribution in [2.45, 2.75) is 38.2 Å². The topological polar surface area (TPSA) is 58.6 Å². The van der Waals surface area contributed by atoms with Crippen molar-refractivity contribution in [3.05, 3.63) is 29.8 Å². The van der Waals surface area contributed by atoms with Gasteiger partial charge in [0.25, 0.3) is 11.8 Å². The van der Waals surface area contributed by atoms with Crippen LogP contribution in [0.5, 0.6) is 0 Å². The van der Waals surface area contributed by atoms with Gasteiger partial charge < -0.3 is 15.0 Å². The molecule has 0 spiro atoms. The number of piperidine rings is 1. The lowest BCUT2D eigenvalue weighted by molar-refractivity contribution is -0.124. The number of benzene rings is 1. The summed E-state index contributed by atoms with van der Waals surface area (Å²) in [5, 5.41) is 2.85. The Labute approximate surface area is 130 Å². The van der Waals surface area contributed by atoms with Gasteiger partial charge in [-0.25, -0.2) is 0 Å². The molecule has 1 unspecified atom stereocenters. The fourth-order valence-electron chi connectivity index (χ4n) is 3.02. The molecule has 0 saturated carbocycles. The molecule has 2 heterocycles. The Kier molecular flexibility index (Phi) is 4.73. The van der Waals surface area contributed by atoms with Gasteiger partial charge in [0.15, 0.2) is 0 Å². The summed E-state index contributed by atoms with van der Waals surface area (Å²) < 4.78 is 5.37. The van der Waals surface area contributed by atoms with Crippen LogP contribution in [0.4, 0.5) is 5.69 Å². The summed E-state index contributed by atoms with van der Waals surface area (Å²) in [5.41, 5.74) is 1.29. The largest absolute Gasteiger partial charge is 0.368 e. The summed E-state index contributed by atoms with van der Waals surface area (Å²) in [6.45, 7) is 2.29. The molecule has 22 heavy (non-hydrogen) atoms. The van der Waals surface area contributed by atoms with Gasteiger partial charge in [-0.2, -0.15) is 0 Å². The monoisotopic (exact) mass is 302 g/mol. The number of hydrogen-bond donors (Lipinski definition) is 1. The van der Waals surface area contributed by atoms with E-state index in [1.807, 2.05) is 11.0 Å². The molecule has 2 amide bonds. The van der Waals surface area contributed by atoms with Crippen molar-refractivity contribution in [1.82, 2.24) is 4.90 Å². The van der Waals surface area contributed by atoms with Gasteiger partial charge >= 0.3 is 0 Å². The fourth-order valence-corrected chi connectivity index (χ4v) is 3.02. The summed E-state index contributed by atoms with van der Waals surface area (Å²) in [6.07, 6.45) is 4.66. The third kappa shape index (κ3) is 3.47. The molecule has 5 nitrogen and oxygen atoms in total. The molecule has 1 aromatic rings. The van der Waals surface area contributed by atoms with Gasteiger partial charge in [-0.15, -0.1) is 0 Å². The lowest BCUT2D eigenvalue weighted by Crippen LogP contribution is -2.35. The number of likely N-dealkylation sites (tertiary alicyclic amines) is 1. The lowest BCUT2D eigenvalue weighted by atomic mass is 10.1. The van der Waals surface area contributed by atoms with Gasteiger partial charge in [0.1, 0.15) is 6.10 Å². The van der Waals surface area contributed by atoms with E-state index in [-0.39, 0.29) is 17.9 Å². The standard InChI is InChI=1S/C17H22N2O3/c20-16(15-8-5-11-22-15)18-14-7-4-6-13(12-14)17(21)19-9-2-1-3-10-19/h4,6-7,12,15H,1-3,5,8-11H2,(H,18,20). The predicted octanol–water partition coefficient (Wildman–Crippen LogP) is 2.43. The van der Waals surface area contributed by atoms with Crippen LogP contribution >= 0.6 is 0 Å². The van der Waals surface area contributed by atoms with Crippen molar-refractivity contribution < 1.29 is 14.3 Å². The number of anilines is 1. The van der Waals surface area contributed by atoms with Crippen LogP contribution in [0.3, 0.4) is 0 Å². The highest BCUT2D eigenvalue weighted by Crippen LogP contribution is 2.18. The predicted molar refractivity (Wildman–Crippen MR) is 83.8 cm³/mol. The van der Waals surface area contributed by atoms with Gasteiger partial charge in [-0.05, 0) is 50.3 Å². The molecule has 1 atom stereocenters. The van der Waals surface area contributed by atoms with Gasteiger partial charge in [0, 0.05) is 30.9 Å². The molecular weight excluding hydrogens is 280 g/mol. The third-order valence-electron chi connectivity index (χ3n) is 4.24. The summed E-state index contributed by atoms with van der Waals surface area (Å²) in [4.78, 5) is 26.4. The van der Waals surface area contributed by atoms with E-state index < -0.39 is 0 Å². The molecule has 0 aromatic heterocycles. The van der Waals surface area contributed by atoms with E-state index in [1.165, 1.54) is 6.42 Å². The molecule has 2 aliphatic rings. The van der Waals surface area contributed by atoms with Crippen LogP contribution in [-0.4, -0.2) is 42.5 Å². The van der Waals surface area contributed by atoms with Crippen molar-refractivity contribution in [3.8, 4) is 0 Å². The summed E-state index contributed by atoms with van der Waals surface area (Å²) in [7, 11) is 0. The Morgan fingerprint density at radius 1 is 1.14 bits per heavy atom. The number of rotatable bonds is 3. The first-order valence-corrected chi connectivity index (χ1v) is 8.06. The Bertz CT molecular complexity index is 547. The van der Waals surface area contributed by atoms with E-state index in [2.05, 4.69) is 5.32 Å². The zero-order valence-corrected chi connectivity index (χ0v) is 12.7. The second kappa shape index (κ2) is 6.92. The smallest absolute Gasteiger partial charge is 0.253 e. The second-order valence-electron chi connectivity index (χ2n) is 5.92. The zero-order chi connectivity index (χ0) is 15.4. The summed E-state index contributed by atoms with van der Waals surface area (Å²) in [5.74, 6) is -0.0759. The minimum Gasteiger partial charge on any atom is -0.368 e. The van der Waals surface area contributed by atoms with Crippen LogP contribution in [0, 0.1) is 0 Å². The van der Waals surface area contributed by atoms with E-state index in [9.17, 15) is 9.59 Å². The molecule has 118 valence electrons. The van der Waals surface area contributed by atoms with Crippen LogP contribution in [-0.2, 0) is 9.53 Å². The highest BCUT2D eigenvalue weighted by atomic mass is 16.5. The molecule has 2 aliphatic heterocycles. The first-order valence-electron chi connectivity index (χ1n) is 8.06. The summed E-state index contributed by atoms with van der Waals surface area (Å²) in [6, 6.07) is 7.17. The molecular formula is C17H22N2O3. The molecule has 0 aliphatic carbocycles. The number of nitrogens with zero attached hydrogens (tertiary/aromatic N) is 1. The Hall–Kier alpha value is -1.88. The lowest BCUT2D eigenvalue weighted by Gasteiger charge is -2.26. The maximum absolute atomic E-state index is 12.5. The van der Waals surface area contributed by atoms with E-state index >= 15 is 0 Å². The summed E-state index contributed by atoms with van der Waals surface area (Å²) >= 11 is 0. The number of carbonyl (C=O) groups excluding carboxylic acids is 2. The Balaban J connectivity index is 1.66. The quantitative estimate of drug-likeness (QED) is 0.933. The molecule has 0 radical (unpaired) electrons. The molecule has 5 heteroatoms. The average molecular weight is 302 g/mol. The minimum atomic E-state index is -0.360. The number of carbonyl (C=O) groups is 2. The van der Waals surface area contributed by atoms with Crippen LogP contribution in [0.1, 0.15) is 42.5 Å². The molecule has 0 bridgehead atoms. The van der Waals surface area contributed by atoms with Crippen molar-refractivity contribution in [2.24, 2.45) is 0 Å². The fraction of sp³-hybridized carbons (Fsp3) is 0.529. The maximum Gasteiger partial charge on any atom is 0.253 e. The Morgan fingerprint density at radius 3 is 2.68 bits per heavy atom. The number of nitrogens with one attached hydrogen (secondary N) is 1.